The fraction of sp³-hybridized carbons (Fsp3) is 0.250. The van der Waals surface area contributed by atoms with Gasteiger partial charge < -0.3 is 14.6 Å². The van der Waals surface area contributed by atoms with Crippen LogP contribution in [0.1, 0.15) is 18.6 Å². The van der Waals surface area contributed by atoms with E-state index < -0.39 is 0 Å². The summed E-state index contributed by atoms with van der Waals surface area (Å²) in [5.74, 6) is 1.28. The summed E-state index contributed by atoms with van der Waals surface area (Å²) in [7, 11) is 0. The molecular weight excluding hydrogens is 206 g/mol. The van der Waals surface area contributed by atoms with Gasteiger partial charge in [0.05, 0.1) is 0 Å². The van der Waals surface area contributed by atoms with Crippen LogP contribution in [0.3, 0.4) is 0 Å². The van der Waals surface area contributed by atoms with Crippen LogP contribution in [-0.4, -0.2) is 15.2 Å². The Balaban J connectivity index is 2.45. The van der Waals surface area contributed by atoms with Gasteiger partial charge in [0.15, 0.2) is 0 Å². The van der Waals surface area contributed by atoms with Gasteiger partial charge in [-0.15, -0.1) is 0 Å². The molecule has 0 atom stereocenters. The predicted molar refractivity (Wildman–Crippen MR) is 58.9 cm³/mol. The number of aliphatic hydroxyl groups excluding tert-OH is 1. The zero-order valence-corrected chi connectivity index (χ0v) is 8.97. The van der Waals surface area contributed by atoms with E-state index in [1.807, 2.05) is 6.92 Å². The summed E-state index contributed by atoms with van der Waals surface area (Å²) >= 11 is 0. The van der Waals surface area contributed by atoms with Gasteiger partial charge in [-0.25, -0.2) is 4.98 Å². The molecule has 0 bridgehead atoms. The second kappa shape index (κ2) is 4.37. The van der Waals surface area contributed by atoms with Gasteiger partial charge in [0.1, 0.15) is 23.8 Å². The number of phenols is 1. The normalized spacial score (nSPS) is 10.6. The number of oxazole rings is 1. The highest BCUT2D eigenvalue weighted by atomic mass is 16.4. The van der Waals surface area contributed by atoms with Crippen LogP contribution in [0.4, 0.5) is 0 Å². The van der Waals surface area contributed by atoms with E-state index in [2.05, 4.69) is 4.98 Å². The number of aryl methyl sites for hydroxylation is 1. The van der Waals surface area contributed by atoms with Crippen LogP contribution in [-0.2, 0) is 13.0 Å². The zero-order chi connectivity index (χ0) is 11.5. The maximum atomic E-state index is 9.20. The predicted octanol–water partition coefficient (Wildman–Crippen LogP) is 2.10. The van der Waals surface area contributed by atoms with Gasteiger partial charge in [-0.3, -0.25) is 0 Å². The number of aliphatic hydroxyl groups is 1. The maximum Gasteiger partial charge on any atom is 0.220 e. The molecule has 0 amide bonds. The Hall–Kier alpha value is -1.81. The van der Waals surface area contributed by atoms with Crippen LogP contribution in [0.15, 0.2) is 28.7 Å². The summed E-state index contributed by atoms with van der Waals surface area (Å²) in [4.78, 5) is 4.20. The third-order valence-corrected chi connectivity index (χ3v) is 2.34. The molecule has 4 nitrogen and oxygen atoms in total. The van der Waals surface area contributed by atoms with E-state index in [0.717, 1.165) is 17.0 Å². The number of rotatable bonds is 3. The van der Waals surface area contributed by atoms with Crippen LogP contribution in [0, 0.1) is 0 Å². The van der Waals surface area contributed by atoms with E-state index in [1.165, 1.54) is 0 Å². The molecule has 0 saturated heterocycles. The molecule has 4 heteroatoms. The summed E-state index contributed by atoms with van der Waals surface area (Å²) in [6.07, 6.45) is 0.712. The molecule has 0 aliphatic carbocycles. The number of hydrogen-bond donors (Lipinski definition) is 2. The molecule has 0 aliphatic heterocycles. The van der Waals surface area contributed by atoms with E-state index in [1.54, 1.807) is 24.3 Å². The first kappa shape index (κ1) is 10.7. The van der Waals surface area contributed by atoms with Crippen LogP contribution in [0.5, 0.6) is 5.75 Å². The summed E-state index contributed by atoms with van der Waals surface area (Å²) < 4.78 is 5.37. The smallest absolute Gasteiger partial charge is 0.220 e. The summed E-state index contributed by atoms with van der Waals surface area (Å²) in [6, 6.07) is 6.74. The van der Waals surface area contributed by atoms with Crippen molar-refractivity contribution in [2.24, 2.45) is 0 Å². The molecule has 1 aromatic carbocycles. The molecule has 84 valence electrons. The van der Waals surface area contributed by atoms with Gasteiger partial charge in [-0.05, 0) is 24.3 Å². The Labute approximate surface area is 93.2 Å². The topological polar surface area (TPSA) is 66.5 Å². The first-order chi connectivity index (χ1) is 7.74. The first-order valence-corrected chi connectivity index (χ1v) is 5.13. The van der Waals surface area contributed by atoms with E-state index in [9.17, 15) is 5.11 Å². The van der Waals surface area contributed by atoms with Crippen LogP contribution in [0.25, 0.3) is 11.3 Å². The Bertz CT molecular complexity index is 474. The molecular formula is C12H13NO3. The molecule has 0 unspecified atom stereocenters. The lowest BCUT2D eigenvalue weighted by Crippen LogP contribution is -1.84. The average Bonchev–Trinajstić information content (AvgIpc) is 2.73. The van der Waals surface area contributed by atoms with Crippen molar-refractivity contribution in [3.05, 3.63) is 35.9 Å². The zero-order valence-electron chi connectivity index (χ0n) is 8.97. The lowest BCUT2D eigenvalue weighted by Gasteiger charge is -1.98. The highest BCUT2D eigenvalue weighted by Gasteiger charge is 2.12. The number of phenolic OH excluding ortho intramolecular Hbond substituents is 1. The third kappa shape index (κ3) is 1.92. The second-order valence-electron chi connectivity index (χ2n) is 3.44. The SMILES string of the molecule is CCc1oc(CO)nc1-c1ccc(O)cc1. The van der Waals surface area contributed by atoms with Crippen molar-refractivity contribution >= 4 is 0 Å². The quantitative estimate of drug-likeness (QED) is 0.829. The maximum absolute atomic E-state index is 9.20. The molecule has 16 heavy (non-hydrogen) atoms. The molecule has 0 radical (unpaired) electrons. The molecule has 0 saturated carbocycles. The minimum atomic E-state index is -0.203. The molecule has 2 N–H and O–H groups in total. The minimum Gasteiger partial charge on any atom is -0.508 e. The molecule has 1 heterocycles. The van der Waals surface area contributed by atoms with Gasteiger partial charge in [-0.1, -0.05) is 6.92 Å². The third-order valence-electron chi connectivity index (χ3n) is 2.34. The van der Waals surface area contributed by atoms with Crippen molar-refractivity contribution < 1.29 is 14.6 Å². The summed E-state index contributed by atoms with van der Waals surface area (Å²) in [5.41, 5.74) is 1.60. The van der Waals surface area contributed by atoms with E-state index in [4.69, 9.17) is 9.52 Å². The highest BCUT2D eigenvalue weighted by Crippen LogP contribution is 2.26. The van der Waals surface area contributed by atoms with Crippen molar-refractivity contribution in [2.75, 3.05) is 0 Å². The Morgan fingerprint density at radius 3 is 2.50 bits per heavy atom. The van der Waals surface area contributed by atoms with Crippen LogP contribution < -0.4 is 0 Å². The van der Waals surface area contributed by atoms with Crippen molar-refractivity contribution in [1.29, 1.82) is 0 Å². The van der Waals surface area contributed by atoms with Crippen molar-refractivity contribution in [3.63, 3.8) is 0 Å². The van der Waals surface area contributed by atoms with Crippen molar-refractivity contribution in [3.8, 4) is 17.0 Å². The molecule has 1 aromatic heterocycles. The number of aromatic nitrogens is 1. The van der Waals surface area contributed by atoms with Crippen molar-refractivity contribution in [2.45, 2.75) is 20.0 Å². The van der Waals surface area contributed by atoms with Crippen LogP contribution >= 0.6 is 0 Å². The van der Waals surface area contributed by atoms with Gasteiger partial charge in [0.2, 0.25) is 5.89 Å². The second-order valence-corrected chi connectivity index (χ2v) is 3.44. The molecule has 2 aromatic rings. The van der Waals surface area contributed by atoms with Gasteiger partial charge in [0, 0.05) is 12.0 Å². The molecule has 0 aliphatic rings. The number of hydrogen-bond acceptors (Lipinski definition) is 4. The van der Waals surface area contributed by atoms with Gasteiger partial charge >= 0.3 is 0 Å². The van der Waals surface area contributed by atoms with Crippen molar-refractivity contribution in [1.82, 2.24) is 4.98 Å². The highest BCUT2D eigenvalue weighted by molar-refractivity contribution is 5.62. The summed E-state index contributed by atoms with van der Waals surface area (Å²) in [6.45, 7) is 1.76. The molecule has 2 rings (SSSR count). The number of aromatic hydroxyl groups is 1. The van der Waals surface area contributed by atoms with Crippen LogP contribution in [0.2, 0.25) is 0 Å². The Morgan fingerprint density at radius 2 is 1.94 bits per heavy atom. The minimum absolute atomic E-state index is 0.203. The molecule has 0 spiro atoms. The fourth-order valence-corrected chi connectivity index (χ4v) is 1.55. The Morgan fingerprint density at radius 1 is 1.25 bits per heavy atom. The number of nitrogens with zero attached hydrogens (tertiary/aromatic N) is 1. The number of benzene rings is 1. The Kier molecular flexibility index (Phi) is 2.92. The largest absolute Gasteiger partial charge is 0.508 e. The average molecular weight is 219 g/mol. The monoisotopic (exact) mass is 219 g/mol. The summed E-state index contributed by atoms with van der Waals surface area (Å²) in [5, 5.41) is 18.2. The first-order valence-electron chi connectivity index (χ1n) is 5.13. The lowest BCUT2D eigenvalue weighted by atomic mass is 10.1. The lowest BCUT2D eigenvalue weighted by molar-refractivity contribution is 0.237. The van der Waals surface area contributed by atoms with Gasteiger partial charge in [-0.2, -0.15) is 0 Å². The standard InChI is InChI=1S/C12H13NO3/c1-2-10-12(13-11(7-14)16-10)8-3-5-9(15)6-4-8/h3-6,14-15H,2,7H2,1H3. The van der Waals surface area contributed by atoms with E-state index >= 15 is 0 Å². The van der Waals surface area contributed by atoms with E-state index in [-0.39, 0.29) is 12.4 Å². The van der Waals surface area contributed by atoms with E-state index in [0.29, 0.717) is 12.3 Å². The van der Waals surface area contributed by atoms with Gasteiger partial charge in [0.25, 0.3) is 0 Å². The molecule has 0 fully saturated rings. The fourth-order valence-electron chi connectivity index (χ4n) is 1.55.